The quantitative estimate of drug-likeness (QED) is 0.710. The van der Waals surface area contributed by atoms with E-state index in [1.54, 1.807) is 6.26 Å². The molecular weight excluding hydrogens is 162 g/mol. The first kappa shape index (κ1) is 9.88. The lowest BCUT2D eigenvalue weighted by Gasteiger charge is -2.14. The maximum absolute atomic E-state index is 5.26. The van der Waals surface area contributed by atoms with E-state index >= 15 is 0 Å². The van der Waals surface area contributed by atoms with E-state index in [2.05, 4.69) is 18.2 Å². The van der Waals surface area contributed by atoms with Gasteiger partial charge in [0.05, 0.1) is 12.3 Å². The van der Waals surface area contributed by atoms with Crippen LogP contribution in [0.1, 0.15) is 19.6 Å². The molecule has 1 N–H and O–H groups in total. The molecule has 2 unspecified atom stereocenters. The van der Waals surface area contributed by atoms with Crippen molar-refractivity contribution in [1.29, 1.82) is 0 Å². The van der Waals surface area contributed by atoms with E-state index in [1.807, 2.05) is 19.1 Å². The third-order valence-electron chi connectivity index (χ3n) is 1.87. The van der Waals surface area contributed by atoms with Gasteiger partial charge in [-0.1, -0.05) is 5.92 Å². The Morgan fingerprint density at radius 1 is 1.62 bits per heavy atom. The van der Waals surface area contributed by atoms with Gasteiger partial charge in [-0.3, -0.25) is 0 Å². The van der Waals surface area contributed by atoms with E-state index in [4.69, 9.17) is 10.8 Å². The van der Waals surface area contributed by atoms with Crippen LogP contribution in [0.5, 0.6) is 0 Å². The molecule has 1 aromatic rings. The zero-order valence-electron chi connectivity index (χ0n) is 8.08. The molecule has 0 saturated carbocycles. The van der Waals surface area contributed by atoms with Crippen molar-refractivity contribution in [3.8, 4) is 12.3 Å². The Balaban J connectivity index is 2.34. The van der Waals surface area contributed by atoms with Crippen molar-refractivity contribution in [1.82, 2.24) is 5.32 Å². The largest absolute Gasteiger partial charge is 0.469 e. The van der Waals surface area contributed by atoms with E-state index in [-0.39, 0.29) is 6.04 Å². The Labute approximate surface area is 79.3 Å². The van der Waals surface area contributed by atoms with Crippen LogP contribution in [0.2, 0.25) is 0 Å². The van der Waals surface area contributed by atoms with Crippen molar-refractivity contribution in [2.75, 3.05) is 0 Å². The summed E-state index contributed by atoms with van der Waals surface area (Å²) in [5.41, 5.74) is 0. The van der Waals surface area contributed by atoms with Gasteiger partial charge in [-0.15, -0.1) is 6.42 Å². The van der Waals surface area contributed by atoms with Crippen LogP contribution in [0.3, 0.4) is 0 Å². The van der Waals surface area contributed by atoms with Crippen LogP contribution in [0.25, 0.3) is 0 Å². The second-order valence-electron chi connectivity index (χ2n) is 3.24. The van der Waals surface area contributed by atoms with Crippen molar-refractivity contribution in [3.05, 3.63) is 24.2 Å². The van der Waals surface area contributed by atoms with Crippen LogP contribution in [0.15, 0.2) is 22.8 Å². The first-order valence-electron chi connectivity index (χ1n) is 4.47. The standard InChI is InChI=1S/C11H15NO/c1-4-9(2)12-10(3)8-11-6-5-7-13-11/h1,5-7,9-10,12H,8H2,2-3H3. The summed E-state index contributed by atoms with van der Waals surface area (Å²) < 4.78 is 5.23. The first-order valence-corrected chi connectivity index (χ1v) is 4.47. The fraction of sp³-hybridized carbons (Fsp3) is 0.455. The molecule has 13 heavy (non-hydrogen) atoms. The first-order chi connectivity index (χ1) is 6.22. The molecule has 0 aromatic carbocycles. The number of furan rings is 1. The molecule has 0 aliphatic heterocycles. The monoisotopic (exact) mass is 177 g/mol. The van der Waals surface area contributed by atoms with Crippen LogP contribution >= 0.6 is 0 Å². The molecule has 2 atom stereocenters. The summed E-state index contributed by atoms with van der Waals surface area (Å²) in [6, 6.07) is 4.33. The van der Waals surface area contributed by atoms with Gasteiger partial charge in [0.25, 0.3) is 0 Å². The van der Waals surface area contributed by atoms with Crippen molar-refractivity contribution in [3.63, 3.8) is 0 Å². The Hall–Kier alpha value is -1.20. The van der Waals surface area contributed by atoms with Crippen LogP contribution in [-0.2, 0) is 6.42 Å². The molecule has 0 aliphatic carbocycles. The highest BCUT2D eigenvalue weighted by atomic mass is 16.3. The van der Waals surface area contributed by atoms with Gasteiger partial charge in [-0.25, -0.2) is 0 Å². The lowest BCUT2D eigenvalue weighted by molar-refractivity contribution is 0.449. The fourth-order valence-electron chi connectivity index (χ4n) is 1.26. The molecule has 1 aromatic heterocycles. The Bertz CT molecular complexity index is 271. The summed E-state index contributed by atoms with van der Waals surface area (Å²) in [5.74, 6) is 3.62. The van der Waals surface area contributed by atoms with Gasteiger partial charge in [0.1, 0.15) is 5.76 Å². The lowest BCUT2D eigenvalue weighted by Crippen LogP contribution is -2.34. The van der Waals surface area contributed by atoms with Crippen LogP contribution in [0.4, 0.5) is 0 Å². The molecule has 2 nitrogen and oxygen atoms in total. The van der Waals surface area contributed by atoms with Crippen molar-refractivity contribution in [2.24, 2.45) is 0 Å². The summed E-state index contributed by atoms with van der Waals surface area (Å²) in [6.45, 7) is 4.06. The molecule has 1 rings (SSSR count). The fourth-order valence-corrected chi connectivity index (χ4v) is 1.26. The number of nitrogens with one attached hydrogen (secondary N) is 1. The smallest absolute Gasteiger partial charge is 0.105 e. The molecule has 0 fully saturated rings. The van der Waals surface area contributed by atoms with Gasteiger partial charge in [-0.05, 0) is 26.0 Å². The summed E-state index contributed by atoms with van der Waals surface area (Å²) in [4.78, 5) is 0. The second-order valence-corrected chi connectivity index (χ2v) is 3.24. The van der Waals surface area contributed by atoms with Gasteiger partial charge in [0.2, 0.25) is 0 Å². The molecule has 0 saturated heterocycles. The predicted octanol–water partition coefficient (Wildman–Crippen LogP) is 1.82. The minimum absolute atomic E-state index is 0.116. The molecule has 0 radical (unpaired) electrons. The van der Waals surface area contributed by atoms with Gasteiger partial charge in [0, 0.05) is 12.5 Å². The molecule has 0 bridgehead atoms. The normalized spacial score (nSPS) is 14.8. The average molecular weight is 177 g/mol. The van der Waals surface area contributed by atoms with E-state index < -0.39 is 0 Å². The van der Waals surface area contributed by atoms with Gasteiger partial charge >= 0.3 is 0 Å². The predicted molar refractivity (Wildman–Crippen MR) is 53.3 cm³/mol. The molecular formula is C11H15NO. The molecule has 0 amide bonds. The van der Waals surface area contributed by atoms with E-state index in [9.17, 15) is 0 Å². The summed E-state index contributed by atoms with van der Waals surface area (Å²) in [6.07, 6.45) is 7.82. The highest BCUT2D eigenvalue weighted by Crippen LogP contribution is 2.04. The minimum Gasteiger partial charge on any atom is -0.469 e. The van der Waals surface area contributed by atoms with Crippen LogP contribution in [0, 0.1) is 12.3 Å². The SMILES string of the molecule is C#CC(C)NC(C)Cc1ccco1. The minimum atomic E-state index is 0.116. The average Bonchev–Trinajstić information content (AvgIpc) is 2.56. The third-order valence-corrected chi connectivity index (χ3v) is 1.87. The maximum Gasteiger partial charge on any atom is 0.105 e. The number of terminal acetylenes is 1. The Morgan fingerprint density at radius 2 is 2.38 bits per heavy atom. The van der Waals surface area contributed by atoms with Gasteiger partial charge < -0.3 is 9.73 Å². The van der Waals surface area contributed by atoms with Crippen LogP contribution in [-0.4, -0.2) is 12.1 Å². The second kappa shape index (κ2) is 4.74. The number of hydrogen-bond acceptors (Lipinski definition) is 2. The lowest BCUT2D eigenvalue weighted by atomic mass is 10.2. The van der Waals surface area contributed by atoms with E-state index in [1.165, 1.54) is 0 Å². The molecule has 0 spiro atoms. The zero-order valence-corrected chi connectivity index (χ0v) is 8.08. The zero-order chi connectivity index (χ0) is 9.68. The highest BCUT2D eigenvalue weighted by molar-refractivity contribution is 5.02. The molecule has 2 heteroatoms. The third kappa shape index (κ3) is 3.35. The maximum atomic E-state index is 5.26. The summed E-state index contributed by atoms with van der Waals surface area (Å²) in [7, 11) is 0. The molecule has 0 aliphatic rings. The van der Waals surface area contributed by atoms with E-state index in [0.717, 1.165) is 12.2 Å². The topological polar surface area (TPSA) is 25.2 Å². The van der Waals surface area contributed by atoms with E-state index in [0.29, 0.717) is 6.04 Å². The molecule has 1 heterocycles. The van der Waals surface area contributed by atoms with Crippen molar-refractivity contribution in [2.45, 2.75) is 32.4 Å². The highest BCUT2D eigenvalue weighted by Gasteiger charge is 2.06. The number of hydrogen-bond donors (Lipinski definition) is 1. The summed E-state index contributed by atoms with van der Waals surface area (Å²) >= 11 is 0. The molecule has 70 valence electrons. The van der Waals surface area contributed by atoms with Crippen LogP contribution < -0.4 is 5.32 Å². The van der Waals surface area contributed by atoms with Gasteiger partial charge in [-0.2, -0.15) is 0 Å². The summed E-state index contributed by atoms with van der Waals surface area (Å²) in [5, 5.41) is 3.27. The van der Waals surface area contributed by atoms with Gasteiger partial charge in [0.15, 0.2) is 0 Å². The van der Waals surface area contributed by atoms with Crippen molar-refractivity contribution >= 4 is 0 Å². The number of rotatable bonds is 4. The Morgan fingerprint density at radius 3 is 2.92 bits per heavy atom. The Kier molecular flexibility index (Phi) is 3.60. The van der Waals surface area contributed by atoms with Crippen molar-refractivity contribution < 1.29 is 4.42 Å².